The Hall–Kier alpha value is -2.57. The largest absolute Gasteiger partial charge is 0.497 e. The lowest BCUT2D eigenvalue weighted by molar-refractivity contribution is -0.117. The molecule has 6 nitrogen and oxygen atoms in total. The van der Waals surface area contributed by atoms with Crippen LogP contribution in [-0.4, -0.2) is 38.7 Å². The molecule has 2 saturated heterocycles. The SMILES string of the molecule is COc1cccc(NC2CCN(c3ccc(C4CNNC4)cc3)C2=O)c1. The highest BCUT2D eigenvalue weighted by Crippen LogP contribution is 2.27. The molecule has 1 atom stereocenters. The van der Waals surface area contributed by atoms with E-state index in [2.05, 4.69) is 40.4 Å². The minimum atomic E-state index is -0.204. The van der Waals surface area contributed by atoms with Crippen molar-refractivity contribution in [2.75, 3.05) is 37.0 Å². The molecule has 2 aromatic carbocycles. The second kappa shape index (κ2) is 7.35. The van der Waals surface area contributed by atoms with Gasteiger partial charge in [0.1, 0.15) is 11.8 Å². The third-order valence-corrected chi connectivity index (χ3v) is 5.11. The molecule has 4 rings (SSSR count). The molecule has 0 spiro atoms. The number of ether oxygens (including phenoxy) is 1. The first-order valence-corrected chi connectivity index (χ1v) is 9.02. The molecule has 136 valence electrons. The number of carbonyl (C=O) groups excluding carboxylic acids is 1. The second-order valence-corrected chi connectivity index (χ2v) is 6.76. The zero-order valence-corrected chi connectivity index (χ0v) is 14.9. The Kier molecular flexibility index (Phi) is 4.77. The average Bonchev–Trinajstić information content (AvgIpc) is 3.33. The Morgan fingerprint density at radius 3 is 2.62 bits per heavy atom. The highest BCUT2D eigenvalue weighted by Gasteiger charge is 2.32. The van der Waals surface area contributed by atoms with Crippen molar-refractivity contribution in [1.29, 1.82) is 0 Å². The van der Waals surface area contributed by atoms with E-state index in [0.29, 0.717) is 5.92 Å². The number of nitrogens with one attached hydrogen (secondary N) is 3. The number of rotatable bonds is 5. The molecular formula is C20H24N4O2. The number of carbonyl (C=O) groups is 1. The van der Waals surface area contributed by atoms with Crippen molar-refractivity contribution in [3.05, 3.63) is 54.1 Å². The summed E-state index contributed by atoms with van der Waals surface area (Å²) in [5, 5.41) is 3.33. The van der Waals surface area contributed by atoms with Gasteiger partial charge in [-0.3, -0.25) is 15.6 Å². The van der Waals surface area contributed by atoms with Crippen LogP contribution in [0.3, 0.4) is 0 Å². The van der Waals surface area contributed by atoms with Gasteiger partial charge >= 0.3 is 0 Å². The van der Waals surface area contributed by atoms with Gasteiger partial charge in [-0.15, -0.1) is 0 Å². The fraction of sp³-hybridized carbons (Fsp3) is 0.350. The Morgan fingerprint density at radius 2 is 1.88 bits per heavy atom. The number of hydrogen-bond acceptors (Lipinski definition) is 5. The van der Waals surface area contributed by atoms with Crippen LogP contribution in [-0.2, 0) is 4.79 Å². The van der Waals surface area contributed by atoms with E-state index >= 15 is 0 Å². The van der Waals surface area contributed by atoms with Gasteiger partial charge in [-0.2, -0.15) is 0 Å². The number of anilines is 2. The van der Waals surface area contributed by atoms with Crippen molar-refractivity contribution in [1.82, 2.24) is 10.9 Å². The van der Waals surface area contributed by atoms with E-state index in [4.69, 9.17) is 4.74 Å². The monoisotopic (exact) mass is 352 g/mol. The van der Waals surface area contributed by atoms with Gasteiger partial charge in [-0.1, -0.05) is 18.2 Å². The van der Waals surface area contributed by atoms with Crippen LogP contribution in [0.15, 0.2) is 48.5 Å². The zero-order valence-electron chi connectivity index (χ0n) is 14.9. The molecule has 26 heavy (non-hydrogen) atoms. The van der Waals surface area contributed by atoms with Gasteiger partial charge in [0.15, 0.2) is 0 Å². The van der Waals surface area contributed by atoms with Crippen molar-refractivity contribution in [3.63, 3.8) is 0 Å². The lowest BCUT2D eigenvalue weighted by atomic mass is 10.00. The van der Waals surface area contributed by atoms with E-state index in [-0.39, 0.29) is 11.9 Å². The molecule has 1 amide bonds. The predicted octanol–water partition coefficient (Wildman–Crippen LogP) is 2.10. The standard InChI is InChI=1S/C20H24N4O2/c1-26-18-4-2-3-16(11-18)23-19-9-10-24(20(19)25)17-7-5-14(6-8-17)15-12-21-22-13-15/h2-8,11,15,19,21-23H,9-10,12-13H2,1H3. The summed E-state index contributed by atoms with van der Waals surface area (Å²) in [4.78, 5) is 14.7. The Bertz CT molecular complexity index is 772. The molecule has 1 unspecified atom stereocenters. The van der Waals surface area contributed by atoms with Crippen LogP contribution in [0.5, 0.6) is 5.75 Å². The smallest absolute Gasteiger partial charge is 0.249 e. The molecule has 2 aromatic rings. The molecule has 2 fully saturated rings. The third kappa shape index (κ3) is 3.38. The molecule has 0 saturated carbocycles. The number of amides is 1. The number of benzene rings is 2. The van der Waals surface area contributed by atoms with Gasteiger partial charge in [0, 0.05) is 43.0 Å². The first kappa shape index (κ1) is 16.9. The number of hydrogen-bond donors (Lipinski definition) is 3. The van der Waals surface area contributed by atoms with Crippen LogP contribution >= 0.6 is 0 Å². The van der Waals surface area contributed by atoms with Gasteiger partial charge < -0.3 is 15.0 Å². The lowest BCUT2D eigenvalue weighted by Crippen LogP contribution is -2.33. The molecule has 3 N–H and O–H groups in total. The summed E-state index contributed by atoms with van der Waals surface area (Å²) in [7, 11) is 1.64. The minimum Gasteiger partial charge on any atom is -0.497 e. The summed E-state index contributed by atoms with van der Waals surface area (Å²) < 4.78 is 5.25. The normalized spacial score (nSPS) is 20.6. The molecule has 2 heterocycles. The summed E-state index contributed by atoms with van der Waals surface area (Å²) in [6, 6.07) is 15.8. The summed E-state index contributed by atoms with van der Waals surface area (Å²) in [6.45, 7) is 2.61. The van der Waals surface area contributed by atoms with Crippen LogP contribution in [0.1, 0.15) is 17.9 Å². The highest BCUT2D eigenvalue weighted by molar-refractivity contribution is 6.01. The summed E-state index contributed by atoms with van der Waals surface area (Å²) in [5.74, 6) is 1.38. The molecule has 0 bridgehead atoms. The van der Waals surface area contributed by atoms with Crippen molar-refractivity contribution in [2.24, 2.45) is 0 Å². The molecule has 6 heteroatoms. The molecule has 0 aromatic heterocycles. The fourth-order valence-corrected chi connectivity index (χ4v) is 3.61. The summed E-state index contributed by atoms with van der Waals surface area (Å²) >= 11 is 0. The topological polar surface area (TPSA) is 65.6 Å². The molecule has 0 aliphatic carbocycles. The van der Waals surface area contributed by atoms with Crippen LogP contribution in [0.4, 0.5) is 11.4 Å². The van der Waals surface area contributed by atoms with Crippen molar-refractivity contribution >= 4 is 17.3 Å². The first-order valence-electron chi connectivity index (χ1n) is 9.02. The van der Waals surface area contributed by atoms with E-state index < -0.39 is 0 Å². The van der Waals surface area contributed by atoms with Crippen molar-refractivity contribution in [3.8, 4) is 5.75 Å². The van der Waals surface area contributed by atoms with Gasteiger partial charge in [0.2, 0.25) is 5.91 Å². The van der Waals surface area contributed by atoms with E-state index in [0.717, 1.165) is 43.2 Å². The van der Waals surface area contributed by atoms with Gasteiger partial charge in [0.25, 0.3) is 0 Å². The maximum atomic E-state index is 12.8. The predicted molar refractivity (Wildman–Crippen MR) is 103 cm³/mol. The van der Waals surface area contributed by atoms with Crippen LogP contribution in [0.25, 0.3) is 0 Å². The minimum absolute atomic E-state index is 0.116. The van der Waals surface area contributed by atoms with E-state index in [9.17, 15) is 4.79 Å². The van der Waals surface area contributed by atoms with Crippen LogP contribution in [0.2, 0.25) is 0 Å². The van der Waals surface area contributed by atoms with Crippen LogP contribution < -0.4 is 25.8 Å². The number of methoxy groups -OCH3 is 1. The van der Waals surface area contributed by atoms with Gasteiger partial charge in [-0.05, 0) is 36.2 Å². The zero-order chi connectivity index (χ0) is 17.9. The van der Waals surface area contributed by atoms with Gasteiger partial charge in [-0.25, -0.2) is 0 Å². The lowest BCUT2D eigenvalue weighted by Gasteiger charge is -2.19. The van der Waals surface area contributed by atoms with Crippen molar-refractivity contribution in [2.45, 2.75) is 18.4 Å². The summed E-state index contributed by atoms with van der Waals surface area (Å²) in [6.07, 6.45) is 0.786. The Morgan fingerprint density at radius 1 is 1.12 bits per heavy atom. The van der Waals surface area contributed by atoms with E-state index in [1.807, 2.05) is 29.2 Å². The number of hydrazine groups is 1. The quantitative estimate of drug-likeness (QED) is 0.769. The Labute approximate surface area is 153 Å². The van der Waals surface area contributed by atoms with Crippen LogP contribution in [0, 0.1) is 0 Å². The Balaban J connectivity index is 1.43. The van der Waals surface area contributed by atoms with E-state index in [1.165, 1.54) is 5.56 Å². The van der Waals surface area contributed by atoms with Crippen molar-refractivity contribution < 1.29 is 9.53 Å². The first-order chi connectivity index (χ1) is 12.7. The maximum absolute atomic E-state index is 12.8. The maximum Gasteiger partial charge on any atom is 0.249 e. The fourth-order valence-electron chi connectivity index (χ4n) is 3.61. The second-order valence-electron chi connectivity index (χ2n) is 6.76. The molecule has 0 radical (unpaired) electrons. The third-order valence-electron chi connectivity index (χ3n) is 5.11. The van der Waals surface area contributed by atoms with Gasteiger partial charge in [0.05, 0.1) is 7.11 Å². The number of nitrogens with zero attached hydrogens (tertiary/aromatic N) is 1. The summed E-state index contributed by atoms with van der Waals surface area (Å²) in [5.41, 5.74) is 9.47. The molecule has 2 aliphatic heterocycles. The average molecular weight is 352 g/mol. The highest BCUT2D eigenvalue weighted by atomic mass is 16.5. The molecular weight excluding hydrogens is 328 g/mol. The molecule has 2 aliphatic rings. The van der Waals surface area contributed by atoms with E-state index in [1.54, 1.807) is 7.11 Å².